The molecule has 1 aliphatic heterocycles. The average Bonchev–Trinajstić information content (AvgIpc) is 2.76. The van der Waals surface area contributed by atoms with Gasteiger partial charge in [0, 0.05) is 19.3 Å². The van der Waals surface area contributed by atoms with E-state index in [4.69, 9.17) is 4.74 Å². The lowest BCUT2D eigenvalue weighted by molar-refractivity contribution is 0.00940. The van der Waals surface area contributed by atoms with E-state index in [1.165, 1.54) is 0 Å². The van der Waals surface area contributed by atoms with Crippen LogP contribution in [0.1, 0.15) is 38.9 Å². The van der Waals surface area contributed by atoms with Crippen LogP contribution in [0, 0.1) is 0 Å². The summed E-state index contributed by atoms with van der Waals surface area (Å²) in [5.41, 5.74) is -0.316. The molecule has 0 amide bonds. The summed E-state index contributed by atoms with van der Waals surface area (Å²) in [5.74, 6) is 1.63. The van der Waals surface area contributed by atoms with Crippen LogP contribution in [-0.4, -0.2) is 23.1 Å². The summed E-state index contributed by atoms with van der Waals surface area (Å²) < 4.78 is 6.66. The molecule has 0 bridgehead atoms. The quantitative estimate of drug-likeness (QED) is 0.928. The van der Waals surface area contributed by atoms with Crippen molar-refractivity contribution in [3.8, 4) is 0 Å². The molecule has 4 nitrogen and oxygen atoms in total. The SMILES string of the molecule is CCCNc1nc(C2(C)CCCO2)ncc1Br. The maximum absolute atomic E-state index is 5.76. The Morgan fingerprint density at radius 1 is 1.59 bits per heavy atom. The summed E-state index contributed by atoms with van der Waals surface area (Å²) in [4.78, 5) is 8.95. The molecular weight excluding hydrogens is 282 g/mol. The Morgan fingerprint density at radius 2 is 2.41 bits per heavy atom. The lowest BCUT2D eigenvalue weighted by atomic mass is 10.0. The van der Waals surface area contributed by atoms with Crippen LogP contribution in [0.25, 0.3) is 0 Å². The van der Waals surface area contributed by atoms with E-state index < -0.39 is 0 Å². The zero-order chi connectivity index (χ0) is 12.3. The van der Waals surface area contributed by atoms with Crippen LogP contribution in [0.2, 0.25) is 0 Å². The van der Waals surface area contributed by atoms with Crippen molar-refractivity contribution >= 4 is 21.7 Å². The number of anilines is 1. The molecule has 1 atom stereocenters. The number of halogens is 1. The fourth-order valence-electron chi connectivity index (χ4n) is 1.94. The minimum Gasteiger partial charge on any atom is -0.369 e. The Morgan fingerprint density at radius 3 is 3.06 bits per heavy atom. The van der Waals surface area contributed by atoms with Gasteiger partial charge in [0.2, 0.25) is 0 Å². The normalized spacial score (nSPS) is 23.9. The van der Waals surface area contributed by atoms with Gasteiger partial charge in [-0.25, -0.2) is 9.97 Å². The third-order valence-electron chi connectivity index (χ3n) is 2.98. The van der Waals surface area contributed by atoms with Crippen LogP contribution in [0.4, 0.5) is 5.82 Å². The first-order valence-corrected chi connectivity index (χ1v) is 6.86. The Kier molecular flexibility index (Phi) is 3.99. The Labute approximate surface area is 110 Å². The van der Waals surface area contributed by atoms with Crippen molar-refractivity contribution in [1.29, 1.82) is 0 Å². The van der Waals surface area contributed by atoms with Gasteiger partial charge in [-0.2, -0.15) is 0 Å². The van der Waals surface area contributed by atoms with Gasteiger partial charge in [0.1, 0.15) is 11.4 Å². The van der Waals surface area contributed by atoms with E-state index in [9.17, 15) is 0 Å². The molecule has 17 heavy (non-hydrogen) atoms. The molecule has 1 N–H and O–H groups in total. The third kappa shape index (κ3) is 2.77. The first-order valence-electron chi connectivity index (χ1n) is 6.06. The van der Waals surface area contributed by atoms with E-state index in [1.807, 2.05) is 0 Å². The molecule has 1 aromatic rings. The smallest absolute Gasteiger partial charge is 0.162 e. The highest BCUT2D eigenvalue weighted by Crippen LogP contribution is 2.34. The van der Waals surface area contributed by atoms with Gasteiger partial charge in [-0.1, -0.05) is 6.92 Å². The fourth-order valence-corrected chi connectivity index (χ4v) is 2.28. The van der Waals surface area contributed by atoms with Gasteiger partial charge in [-0.15, -0.1) is 0 Å². The van der Waals surface area contributed by atoms with Crippen LogP contribution >= 0.6 is 15.9 Å². The molecule has 94 valence electrons. The number of rotatable bonds is 4. The summed E-state index contributed by atoms with van der Waals surface area (Å²) in [6.07, 6.45) is 4.93. The molecule has 0 spiro atoms. The van der Waals surface area contributed by atoms with Crippen molar-refractivity contribution in [1.82, 2.24) is 9.97 Å². The number of ether oxygens (including phenoxy) is 1. The van der Waals surface area contributed by atoms with Crippen molar-refractivity contribution in [2.24, 2.45) is 0 Å². The zero-order valence-electron chi connectivity index (χ0n) is 10.3. The molecule has 5 heteroatoms. The number of nitrogens with zero attached hydrogens (tertiary/aromatic N) is 2. The van der Waals surface area contributed by atoms with Gasteiger partial charge in [0.25, 0.3) is 0 Å². The summed E-state index contributed by atoms with van der Waals surface area (Å²) in [6.45, 7) is 5.90. The number of hydrogen-bond donors (Lipinski definition) is 1. The van der Waals surface area contributed by atoms with Crippen LogP contribution < -0.4 is 5.32 Å². The van der Waals surface area contributed by atoms with Gasteiger partial charge >= 0.3 is 0 Å². The molecule has 1 unspecified atom stereocenters. The molecule has 0 aliphatic carbocycles. The van der Waals surface area contributed by atoms with Gasteiger partial charge in [0.15, 0.2) is 5.82 Å². The van der Waals surface area contributed by atoms with Crippen molar-refractivity contribution in [3.05, 3.63) is 16.5 Å². The summed E-state index contributed by atoms with van der Waals surface area (Å²) in [5, 5.41) is 3.29. The summed E-state index contributed by atoms with van der Waals surface area (Å²) in [6, 6.07) is 0. The molecule has 1 fully saturated rings. The first kappa shape index (κ1) is 12.8. The van der Waals surface area contributed by atoms with Crippen LogP contribution in [0.15, 0.2) is 10.7 Å². The predicted octanol–water partition coefficient (Wildman–Crippen LogP) is 3.09. The molecule has 2 rings (SSSR count). The zero-order valence-corrected chi connectivity index (χ0v) is 11.9. The second-order valence-corrected chi connectivity index (χ2v) is 5.35. The van der Waals surface area contributed by atoms with E-state index >= 15 is 0 Å². The van der Waals surface area contributed by atoms with Gasteiger partial charge in [-0.3, -0.25) is 0 Å². The van der Waals surface area contributed by atoms with Gasteiger partial charge < -0.3 is 10.1 Å². The maximum atomic E-state index is 5.76. The molecule has 2 heterocycles. The Hall–Kier alpha value is -0.680. The average molecular weight is 300 g/mol. The van der Waals surface area contributed by atoms with E-state index in [2.05, 4.69) is 45.1 Å². The topological polar surface area (TPSA) is 47.0 Å². The van der Waals surface area contributed by atoms with Crippen molar-refractivity contribution in [2.45, 2.75) is 38.7 Å². The Bertz CT molecular complexity index is 391. The van der Waals surface area contributed by atoms with E-state index in [0.29, 0.717) is 0 Å². The summed E-state index contributed by atoms with van der Waals surface area (Å²) in [7, 11) is 0. The molecule has 1 aromatic heterocycles. The first-order chi connectivity index (χ1) is 8.15. The third-order valence-corrected chi connectivity index (χ3v) is 3.56. The molecule has 0 radical (unpaired) electrons. The number of nitrogens with one attached hydrogen (secondary N) is 1. The second-order valence-electron chi connectivity index (χ2n) is 4.50. The predicted molar refractivity (Wildman–Crippen MR) is 71.1 cm³/mol. The highest BCUT2D eigenvalue weighted by Gasteiger charge is 2.35. The highest BCUT2D eigenvalue weighted by molar-refractivity contribution is 9.10. The number of hydrogen-bond acceptors (Lipinski definition) is 4. The van der Waals surface area contributed by atoms with E-state index in [-0.39, 0.29) is 5.60 Å². The minimum absolute atomic E-state index is 0.316. The molecule has 1 aliphatic rings. The van der Waals surface area contributed by atoms with E-state index in [0.717, 1.165) is 48.5 Å². The minimum atomic E-state index is -0.316. The molecule has 0 aromatic carbocycles. The Balaban J connectivity index is 2.23. The molecular formula is C12H18BrN3O. The van der Waals surface area contributed by atoms with Crippen molar-refractivity contribution in [2.75, 3.05) is 18.5 Å². The van der Waals surface area contributed by atoms with Crippen LogP contribution in [0.3, 0.4) is 0 Å². The highest BCUT2D eigenvalue weighted by atomic mass is 79.9. The van der Waals surface area contributed by atoms with Crippen LogP contribution in [-0.2, 0) is 10.3 Å². The molecule has 0 saturated carbocycles. The largest absolute Gasteiger partial charge is 0.369 e. The molecule has 1 saturated heterocycles. The lowest BCUT2D eigenvalue weighted by Gasteiger charge is -2.22. The summed E-state index contributed by atoms with van der Waals surface area (Å²) >= 11 is 3.46. The second kappa shape index (κ2) is 5.31. The van der Waals surface area contributed by atoms with Gasteiger partial charge in [0.05, 0.1) is 4.47 Å². The lowest BCUT2D eigenvalue weighted by Crippen LogP contribution is -2.24. The van der Waals surface area contributed by atoms with Gasteiger partial charge in [-0.05, 0) is 42.1 Å². The number of aromatic nitrogens is 2. The monoisotopic (exact) mass is 299 g/mol. The van der Waals surface area contributed by atoms with Crippen LogP contribution in [0.5, 0.6) is 0 Å². The standard InChI is InChI=1S/C12H18BrN3O/c1-3-6-14-10-9(13)8-15-11(16-10)12(2)5-4-7-17-12/h8H,3-7H2,1-2H3,(H,14,15,16). The van der Waals surface area contributed by atoms with Crippen molar-refractivity contribution in [3.63, 3.8) is 0 Å². The van der Waals surface area contributed by atoms with E-state index in [1.54, 1.807) is 6.20 Å². The maximum Gasteiger partial charge on any atom is 0.162 e. The fraction of sp³-hybridized carbons (Fsp3) is 0.667. The van der Waals surface area contributed by atoms with Crippen molar-refractivity contribution < 1.29 is 4.74 Å².